The summed E-state index contributed by atoms with van der Waals surface area (Å²) in [6.45, 7) is 12.6. The third-order valence-electron chi connectivity index (χ3n) is 2.22. The number of allylic oxidation sites excluding steroid dienone is 5. The van der Waals surface area contributed by atoms with Gasteiger partial charge in [-0.2, -0.15) is 5.10 Å². The maximum Gasteiger partial charge on any atom is 0.0656 e. The molecule has 0 radical (unpaired) electrons. The van der Waals surface area contributed by atoms with E-state index in [2.05, 4.69) is 36.8 Å². The van der Waals surface area contributed by atoms with Gasteiger partial charge in [0, 0.05) is 6.20 Å². The first-order chi connectivity index (χ1) is 8.30. The van der Waals surface area contributed by atoms with Crippen LogP contribution in [-0.2, 0) is 13.0 Å². The molecule has 0 amide bonds. The molecule has 0 N–H and O–H groups in total. The largest absolute Gasteiger partial charge is 0.268 e. The molecule has 1 aromatic rings. The van der Waals surface area contributed by atoms with E-state index in [9.17, 15) is 0 Å². The Labute approximate surface area is 105 Å². The fourth-order valence-electron chi connectivity index (χ4n) is 1.30. The molecule has 2 heteroatoms. The Hall–Kier alpha value is -1.57. The minimum Gasteiger partial charge on any atom is -0.268 e. The van der Waals surface area contributed by atoms with E-state index in [1.54, 1.807) is 6.08 Å². The Morgan fingerprint density at radius 1 is 1.47 bits per heavy atom. The van der Waals surface area contributed by atoms with Crippen LogP contribution in [0.25, 0.3) is 0 Å². The smallest absolute Gasteiger partial charge is 0.0656 e. The van der Waals surface area contributed by atoms with Crippen LogP contribution in [0.1, 0.15) is 33.4 Å². The van der Waals surface area contributed by atoms with Crippen LogP contribution < -0.4 is 0 Å². The van der Waals surface area contributed by atoms with Crippen molar-refractivity contribution in [1.82, 2.24) is 9.78 Å². The second-order valence-corrected chi connectivity index (χ2v) is 3.32. The van der Waals surface area contributed by atoms with Gasteiger partial charge in [-0.15, -0.1) is 0 Å². The molecule has 0 saturated heterocycles. The lowest BCUT2D eigenvalue weighted by atomic mass is 10.2. The molecule has 0 atom stereocenters. The minimum atomic E-state index is 0.820. The number of hydrogen-bond donors (Lipinski definition) is 0. The molecule has 17 heavy (non-hydrogen) atoms. The first kappa shape index (κ1) is 15.4. The van der Waals surface area contributed by atoms with Crippen molar-refractivity contribution in [3.8, 4) is 0 Å². The Bertz CT molecular complexity index is 370. The van der Waals surface area contributed by atoms with Gasteiger partial charge in [0.15, 0.2) is 0 Å². The lowest BCUT2D eigenvalue weighted by molar-refractivity contribution is 0.672. The molecule has 0 unspecified atom stereocenters. The molecular weight excluding hydrogens is 208 g/mol. The van der Waals surface area contributed by atoms with Crippen molar-refractivity contribution in [3.05, 3.63) is 54.4 Å². The summed E-state index contributed by atoms with van der Waals surface area (Å²) < 4.78 is 1.96. The van der Waals surface area contributed by atoms with Crippen LogP contribution in [-0.4, -0.2) is 9.78 Å². The van der Waals surface area contributed by atoms with E-state index in [-0.39, 0.29) is 0 Å². The van der Waals surface area contributed by atoms with Crippen LogP contribution >= 0.6 is 0 Å². The molecule has 0 spiro atoms. The number of aryl methyl sites for hydroxylation is 1. The second-order valence-electron chi connectivity index (χ2n) is 3.32. The molecule has 2 nitrogen and oxygen atoms in total. The molecule has 94 valence electrons. The fraction of sp³-hybridized carbons (Fsp3) is 0.400. The van der Waals surface area contributed by atoms with Crippen molar-refractivity contribution >= 4 is 0 Å². The molecule has 0 fully saturated rings. The third kappa shape index (κ3) is 5.91. The summed E-state index contributed by atoms with van der Waals surface area (Å²) in [6, 6.07) is 2.06. The molecule has 0 bridgehead atoms. The summed E-state index contributed by atoms with van der Waals surface area (Å²) in [5, 5.41) is 4.44. The predicted molar refractivity (Wildman–Crippen MR) is 76.0 cm³/mol. The standard InChI is InChI=1S/C13H18N2.C2H6/c1-4-7-8-12(5-2)11-15-10-9-13(6-3)14-15;1-2/h4-5,7-10H,1,6,11H2,2-3H3;1-2H3/b8-7-,12-5+;. The third-order valence-corrected chi connectivity index (χ3v) is 2.22. The molecule has 0 saturated carbocycles. The monoisotopic (exact) mass is 232 g/mol. The highest BCUT2D eigenvalue weighted by Gasteiger charge is 1.97. The van der Waals surface area contributed by atoms with E-state index in [4.69, 9.17) is 0 Å². The minimum absolute atomic E-state index is 0.820. The fourth-order valence-corrected chi connectivity index (χ4v) is 1.30. The molecule has 0 aliphatic carbocycles. The van der Waals surface area contributed by atoms with Crippen molar-refractivity contribution in [2.75, 3.05) is 0 Å². The van der Waals surface area contributed by atoms with E-state index in [0.29, 0.717) is 0 Å². The Morgan fingerprint density at radius 2 is 2.18 bits per heavy atom. The Balaban J connectivity index is 0.00000121. The summed E-state index contributed by atoms with van der Waals surface area (Å²) in [5.41, 5.74) is 2.37. The van der Waals surface area contributed by atoms with Gasteiger partial charge in [-0.25, -0.2) is 0 Å². The van der Waals surface area contributed by atoms with Crippen LogP contribution in [0.5, 0.6) is 0 Å². The summed E-state index contributed by atoms with van der Waals surface area (Å²) in [6.07, 6.45) is 10.9. The average Bonchev–Trinajstić information content (AvgIpc) is 2.84. The van der Waals surface area contributed by atoms with Crippen LogP contribution in [0.2, 0.25) is 0 Å². The lowest BCUT2D eigenvalue weighted by Gasteiger charge is -2.01. The summed E-state index contributed by atoms with van der Waals surface area (Å²) in [5.74, 6) is 0. The van der Waals surface area contributed by atoms with Gasteiger partial charge in [-0.1, -0.05) is 51.7 Å². The Kier molecular flexibility index (Phi) is 8.75. The maximum atomic E-state index is 4.44. The summed E-state index contributed by atoms with van der Waals surface area (Å²) in [4.78, 5) is 0. The van der Waals surface area contributed by atoms with Crippen LogP contribution in [0.4, 0.5) is 0 Å². The zero-order valence-electron chi connectivity index (χ0n) is 11.5. The van der Waals surface area contributed by atoms with E-state index >= 15 is 0 Å². The van der Waals surface area contributed by atoms with Crippen LogP contribution in [0.3, 0.4) is 0 Å². The second kappa shape index (κ2) is 9.64. The van der Waals surface area contributed by atoms with Gasteiger partial charge in [0.1, 0.15) is 0 Å². The van der Waals surface area contributed by atoms with Gasteiger partial charge in [0.2, 0.25) is 0 Å². The van der Waals surface area contributed by atoms with Crippen molar-refractivity contribution < 1.29 is 0 Å². The molecule has 0 aliphatic heterocycles. The van der Waals surface area contributed by atoms with Crippen molar-refractivity contribution in [2.45, 2.75) is 40.7 Å². The van der Waals surface area contributed by atoms with E-state index in [1.807, 2.05) is 37.7 Å². The number of hydrogen-bond acceptors (Lipinski definition) is 1. The zero-order valence-corrected chi connectivity index (χ0v) is 11.5. The average molecular weight is 232 g/mol. The van der Waals surface area contributed by atoms with E-state index in [0.717, 1.165) is 18.7 Å². The van der Waals surface area contributed by atoms with Crippen LogP contribution in [0, 0.1) is 0 Å². The normalized spacial score (nSPS) is 11.2. The van der Waals surface area contributed by atoms with Crippen molar-refractivity contribution in [2.24, 2.45) is 0 Å². The van der Waals surface area contributed by atoms with Crippen molar-refractivity contribution in [1.29, 1.82) is 0 Å². The molecule has 1 aromatic heterocycles. The maximum absolute atomic E-state index is 4.44. The molecular formula is C15H24N2. The molecule has 1 heterocycles. The van der Waals surface area contributed by atoms with Gasteiger partial charge >= 0.3 is 0 Å². The first-order valence-electron chi connectivity index (χ1n) is 6.26. The van der Waals surface area contributed by atoms with Gasteiger partial charge < -0.3 is 0 Å². The summed E-state index contributed by atoms with van der Waals surface area (Å²) in [7, 11) is 0. The number of nitrogens with zero attached hydrogens (tertiary/aromatic N) is 2. The molecule has 0 aromatic carbocycles. The first-order valence-corrected chi connectivity index (χ1v) is 6.26. The summed E-state index contributed by atoms with van der Waals surface area (Å²) >= 11 is 0. The predicted octanol–water partition coefficient (Wildman–Crippen LogP) is 4.16. The number of aromatic nitrogens is 2. The van der Waals surface area contributed by atoms with E-state index in [1.165, 1.54) is 5.57 Å². The highest BCUT2D eigenvalue weighted by atomic mass is 15.3. The number of rotatable bonds is 5. The van der Waals surface area contributed by atoms with Gasteiger partial charge in [0.25, 0.3) is 0 Å². The SMILES string of the molecule is C=C/C=C\C(=C/C)Cn1ccc(CC)n1.CC. The highest BCUT2D eigenvalue weighted by molar-refractivity contribution is 5.21. The Morgan fingerprint density at radius 3 is 2.65 bits per heavy atom. The zero-order chi connectivity index (χ0) is 13.1. The highest BCUT2D eigenvalue weighted by Crippen LogP contribution is 2.03. The quantitative estimate of drug-likeness (QED) is 0.697. The van der Waals surface area contributed by atoms with Gasteiger partial charge in [-0.3, -0.25) is 4.68 Å². The topological polar surface area (TPSA) is 17.8 Å². The lowest BCUT2D eigenvalue weighted by Crippen LogP contribution is -2.01. The van der Waals surface area contributed by atoms with Crippen LogP contribution in [0.15, 0.2) is 48.7 Å². The molecule has 0 aliphatic rings. The molecule has 1 rings (SSSR count). The van der Waals surface area contributed by atoms with Gasteiger partial charge in [-0.05, 0) is 25.0 Å². The van der Waals surface area contributed by atoms with Crippen molar-refractivity contribution in [3.63, 3.8) is 0 Å². The van der Waals surface area contributed by atoms with Gasteiger partial charge in [0.05, 0.1) is 12.2 Å². The van der Waals surface area contributed by atoms with E-state index < -0.39 is 0 Å².